The Labute approximate surface area is 201 Å². The molecule has 186 valence electrons. The molecule has 0 bridgehead atoms. The molecule has 0 radical (unpaired) electrons. The monoisotopic (exact) mass is 487 g/mol. The quantitative estimate of drug-likeness (QED) is 0.261. The van der Waals surface area contributed by atoms with Gasteiger partial charge in [-0.15, -0.1) is 0 Å². The minimum atomic E-state index is -4.49. The Kier molecular flexibility index (Phi) is 8.62. The van der Waals surface area contributed by atoms with Gasteiger partial charge >= 0.3 is 6.18 Å². The molecule has 0 aliphatic rings. The number of carbonyl (C=O) groups excluding carboxylic acids is 2. The molecule has 2 unspecified atom stereocenters. The van der Waals surface area contributed by atoms with E-state index in [9.17, 15) is 22.8 Å². The number of halogens is 3. The first-order valence-corrected chi connectivity index (χ1v) is 10.4. The molecule has 2 amide bonds. The second-order valence-electron chi connectivity index (χ2n) is 7.95. The largest absolute Gasteiger partial charge is 0.416 e. The third kappa shape index (κ3) is 7.29. The molecule has 2 atom stereocenters. The molecule has 2 aromatic rings. The van der Waals surface area contributed by atoms with Crippen molar-refractivity contribution in [2.24, 2.45) is 11.5 Å². The maximum Gasteiger partial charge on any atom is 0.416 e. The predicted molar refractivity (Wildman–Crippen MR) is 131 cm³/mol. The van der Waals surface area contributed by atoms with E-state index >= 15 is 0 Å². The van der Waals surface area contributed by atoms with Gasteiger partial charge in [0.15, 0.2) is 0 Å². The van der Waals surface area contributed by atoms with E-state index in [-0.39, 0.29) is 11.4 Å². The van der Waals surface area contributed by atoms with E-state index in [4.69, 9.17) is 11.5 Å². The van der Waals surface area contributed by atoms with E-state index in [1.54, 1.807) is 24.3 Å². The Morgan fingerprint density at radius 2 is 1.69 bits per heavy atom. The number of likely N-dealkylation sites (N-methyl/N-ethyl adjacent to an activating group) is 1. The Morgan fingerprint density at radius 1 is 1.09 bits per heavy atom. The second kappa shape index (κ2) is 11.0. The summed E-state index contributed by atoms with van der Waals surface area (Å²) in [5, 5.41) is 8.04. The van der Waals surface area contributed by atoms with Crippen molar-refractivity contribution < 1.29 is 22.8 Å². The minimum Gasteiger partial charge on any atom is -0.368 e. The first-order chi connectivity index (χ1) is 16.3. The van der Waals surface area contributed by atoms with Crippen molar-refractivity contribution in [2.45, 2.75) is 24.8 Å². The fourth-order valence-corrected chi connectivity index (χ4v) is 3.07. The molecular formula is C25H28F3N5O2. The average molecular weight is 488 g/mol. The Morgan fingerprint density at radius 3 is 2.20 bits per heavy atom. The molecule has 0 aliphatic carbocycles. The van der Waals surface area contributed by atoms with Gasteiger partial charge in [-0.05, 0) is 54.9 Å². The summed E-state index contributed by atoms with van der Waals surface area (Å²) in [5.74, 6) is -1.61. The molecule has 0 spiro atoms. The summed E-state index contributed by atoms with van der Waals surface area (Å²) >= 11 is 0. The summed E-state index contributed by atoms with van der Waals surface area (Å²) in [4.78, 5) is 25.2. The topological polar surface area (TPSA) is 122 Å². The van der Waals surface area contributed by atoms with Crippen LogP contribution >= 0.6 is 0 Å². The van der Waals surface area contributed by atoms with Crippen molar-refractivity contribution >= 4 is 29.7 Å². The molecule has 7 nitrogen and oxygen atoms in total. The zero-order chi connectivity index (χ0) is 26.4. The molecule has 0 saturated heterocycles. The standard InChI is InChI=1S/C25H28F3N5O2/c1-5-16-7-6-8-17(13-16)14-20(23(35)33-21(22(29)34)24(3,30)31-4)32-15(2)18-9-11-19(12-10-18)25(26,27)28/h5-14,21,31-32H,1-2,30H2,3-4H3,(H2,29,34)(H,33,35)/b20-14+. The van der Waals surface area contributed by atoms with Crippen LogP contribution in [0.1, 0.15) is 29.2 Å². The number of benzene rings is 2. The number of hydrogen-bond acceptors (Lipinski definition) is 5. The normalized spacial score (nSPS) is 14.4. The number of alkyl halides is 3. The number of rotatable bonds is 10. The van der Waals surface area contributed by atoms with Crippen LogP contribution in [0.4, 0.5) is 13.2 Å². The SMILES string of the molecule is C=Cc1cccc(/C=C(/NC(=C)c2ccc(C(F)(F)F)cc2)C(=O)NC(C(N)=O)C(C)(N)NC)c1. The van der Waals surface area contributed by atoms with Crippen LogP contribution in [0.25, 0.3) is 17.8 Å². The highest BCUT2D eigenvalue weighted by Gasteiger charge is 2.35. The first kappa shape index (κ1) is 27.4. The number of primary amides is 1. The van der Waals surface area contributed by atoms with Gasteiger partial charge in [0.1, 0.15) is 11.7 Å². The Hall–Kier alpha value is -3.89. The predicted octanol–water partition coefficient (Wildman–Crippen LogP) is 2.81. The third-order valence-corrected chi connectivity index (χ3v) is 5.25. The lowest BCUT2D eigenvalue weighted by atomic mass is 10.0. The van der Waals surface area contributed by atoms with Gasteiger partial charge in [-0.3, -0.25) is 9.59 Å². The van der Waals surface area contributed by atoms with Crippen molar-refractivity contribution in [3.05, 3.63) is 89.6 Å². The lowest BCUT2D eigenvalue weighted by molar-refractivity contribution is -0.137. The van der Waals surface area contributed by atoms with Crippen LogP contribution in [-0.4, -0.2) is 30.6 Å². The minimum absolute atomic E-state index is 0.0470. The van der Waals surface area contributed by atoms with Gasteiger partial charge in [-0.25, -0.2) is 0 Å². The molecule has 0 heterocycles. The summed E-state index contributed by atoms with van der Waals surface area (Å²) in [5.41, 5.74) is 11.2. The summed E-state index contributed by atoms with van der Waals surface area (Å²) < 4.78 is 38.7. The molecule has 0 aliphatic heterocycles. The maximum atomic E-state index is 13.2. The third-order valence-electron chi connectivity index (χ3n) is 5.25. The number of nitrogens with one attached hydrogen (secondary N) is 3. The molecule has 0 saturated carbocycles. The van der Waals surface area contributed by atoms with Gasteiger partial charge in [-0.2, -0.15) is 13.2 Å². The summed E-state index contributed by atoms with van der Waals surface area (Å²) in [7, 11) is 1.50. The fourth-order valence-electron chi connectivity index (χ4n) is 3.07. The van der Waals surface area contributed by atoms with Crippen molar-refractivity contribution in [1.29, 1.82) is 0 Å². The average Bonchev–Trinajstić information content (AvgIpc) is 2.81. The zero-order valence-corrected chi connectivity index (χ0v) is 19.4. The van der Waals surface area contributed by atoms with Crippen LogP contribution in [0.5, 0.6) is 0 Å². The van der Waals surface area contributed by atoms with E-state index in [0.717, 1.165) is 17.7 Å². The Bertz CT molecular complexity index is 1140. The van der Waals surface area contributed by atoms with E-state index in [1.165, 1.54) is 32.2 Å². The summed E-state index contributed by atoms with van der Waals surface area (Å²) in [6.45, 7) is 9.03. The van der Waals surface area contributed by atoms with Gasteiger partial charge in [0.05, 0.1) is 11.2 Å². The highest BCUT2D eigenvalue weighted by Crippen LogP contribution is 2.29. The van der Waals surface area contributed by atoms with Gasteiger partial charge in [0.25, 0.3) is 5.91 Å². The molecule has 35 heavy (non-hydrogen) atoms. The smallest absolute Gasteiger partial charge is 0.368 e. The van der Waals surface area contributed by atoms with Crippen LogP contribution in [0.2, 0.25) is 0 Å². The van der Waals surface area contributed by atoms with E-state index < -0.39 is 35.3 Å². The van der Waals surface area contributed by atoms with E-state index in [0.29, 0.717) is 11.1 Å². The number of hydrogen-bond donors (Lipinski definition) is 5. The van der Waals surface area contributed by atoms with Gasteiger partial charge < -0.3 is 27.4 Å². The van der Waals surface area contributed by atoms with E-state index in [2.05, 4.69) is 29.1 Å². The van der Waals surface area contributed by atoms with Crippen molar-refractivity contribution in [3.8, 4) is 0 Å². The molecule has 10 heteroatoms. The van der Waals surface area contributed by atoms with Crippen molar-refractivity contribution in [1.82, 2.24) is 16.0 Å². The fraction of sp³-hybridized carbons (Fsp3) is 0.200. The first-order valence-electron chi connectivity index (χ1n) is 10.4. The van der Waals surface area contributed by atoms with Gasteiger partial charge in [0, 0.05) is 5.70 Å². The van der Waals surface area contributed by atoms with Crippen LogP contribution in [-0.2, 0) is 15.8 Å². The second-order valence-corrected chi connectivity index (χ2v) is 7.95. The van der Waals surface area contributed by atoms with Crippen LogP contribution in [0, 0.1) is 0 Å². The van der Waals surface area contributed by atoms with Crippen LogP contribution < -0.4 is 27.4 Å². The molecule has 2 aromatic carbocycles. The summed E-state index contributed by atoms with van der Waals surface area (Å²) in [6, 6.07) is 10.1. The van der Waals surface area contributed by atoms with Gasteiger partial charge in [-0.1, -0.05) is 49.6 Å². The van der Waals surface area contributed by atoms with Gasteiger partial charge in [0.2, 0.25) is 5.91 Å². The van der Waals surface area contributed by atoms with Crippen molar-refractivity contribution in [2.75, 3.05) is 7.05 Å². The van der Waals surface area contributed by atoms with Crippen molar-refractivity contribution in [3.63, 3.8) is 0 Å². The zero-order valence-electron chi connectivity index (χ0n) is 19.4. The summed E-state index contributed by atoms with van der Waals surface area (Å²) in [6.07, 6.45) is -1.37. The van der Waals surface area contributed by atoms with Crippen LogP contribution in [0.3, 0.4) is 0 Å². The van der Waals surface area contributed by atoms with E-state index in [1.807, 2.05) is 6.07 Å². The maximum absolute atomic E-state index is 13.2. The Balaban J connectivity index is 2.42. The molecule has 0 fully saturated rings. The lowest BCUT2D eigenvalue weighted by Gasteiger charge is -2.32. The molecule has 2 rings (SSSR count). The molecule has 7 N–H and O–H groups in total. The number of carbonyl (C=O) groups is 2. The number of nitrogens with two attached hydrogens (primary N) is 2. The molecular weight excluding hydrogens is 459 g/mol. The highest BCUT2D eigenvalue weighted by atomic mass is 19.4. The lowest BCUT2D eigenvalue weighted by Crippen LogP contribution is -2.68. The number of amides is 2. The molecule has 0 aromatic heterocycles. The highest BCUT2D eigenvalue weighted by molar-refractivity contribution is 6.01. The van der Waals surface area contributed by atoms with Crippen LogP contribution in [0.15, 0.2) is 67.4 Å².